The van der Waals surface area contributed by atoms with Gasteiger partial charge >= 0.3 is 0 Å². The number of piperidine rings is 1. The number of aromatic nitrogens is 1. The number of ketones is 1. The van der Waals surface area contributed by atoms with E-state index in [9.17, 15) is 4.79 Å². The first-order valence-corrected chi connectivity index (χ1v) is 11.6. The summed E-state index contributed by atoms with van der Waals surface area (Å²) in [7, 11) is 0. The summed E-state index contributed by atoms with van der Waals surface area (Å²) in [5, 5.41) is 1.02. The van der Waals surface area contributed by atoms with Crippen LogP contribution in [0.3, 0.4) is 0 Å². The molecule has 0 spiro atoms. The fraction of sp³-hybridized carbons (Fsp3) is 0.276. The zero-order chi connectivity index (χ0) is 21.9. The van der Waals surface area contributed by atoms with Crippen LogP contribution in [0.25, 0.3) is 10.9 Å². The number of likely N-dealkylation sites (tertiary alicyclic amines) is 1. The summed E-state index contributed by atoms with van der Waals surface area (Å²) in [4.78, 5) is 19.9. The van der Waals surface area contributed by atoms with E-state index < -0.39 is 0 Å². The van der Waals surface area contributed by atoms with Gasteiger partial charge in [0.25, 0.3) is 0 Å². The molecule has 0 bridgehead atoms. The molecule has 2 heterocycles. The third kappa shape index (κ3) is 4.13. The van der Waals surface area contributed by atoms with E-state index in [0.29, 0.717) is 5.92 Å². The smallest absolute Gasteiger partial charge is 0.186 e. The van der Waals surface area contributed by atoms with Gasteiger partial charge in [-0.2, -0.15) is 0 Å². The van der Waals surface area contributed by atoms with E-state index in [1.165, 1.54) is 5.56 Å². The second kappa shape index (κ2) is 9.13. The second-order valence-electron chi connectivity index (χ2n) is 9.02. The van der Waals surface area contributed by atoms with Crippen molar-refractivity contribution in [2.45, 2.75) is 32.2 Å². The van der Waals surface area contributed by atoms with E-state index in [0.717, 1.165) is 60.1 Å². The molecule has 1 aliphatic heterocycles. The molecule has 1 atom stereocenters. The fourth-order valence-electron chi connectivity index (χ4n) is 5.26. The van der Waals surface area contributed by atoms with Gasteiger partial charge in [-0.05, 0) is 62.4 Å². The highest BCUT2D eigenvalue weighted by Gasteiger charge is 2.33. The Morgan fingerprint density at radius 3 is 2.25 bits per heavy atom. The van der Waals surface area contributed by atoms with Gasteiger partial charge in [-0.1, -0.05) is 78.9 Å². The zero-order valence-electron chi connectivity index (χ0n) is 18.6. The van der Waals surface area contributed by atoms with E-state index in [4.69, 9.17) is 0 Å². The molecule has 162 valence electrons. The summed E-state index contributed by atoms with van der Waals surface area (Å²) >= 11 is 0. The third-order valence-corrected chi connectivity index (χ3v) is 6.89. The highest BCUT2D eigenvalue weighted by atomic mass is 16.1. The highest BCUT2D eigenvalue weighted by Crippen LogP contribution is 2.34. The number of aryl methyl sites for hydroxylation is 1. The summed E-state index contributed by atoms with van der Waals surface area (Å²) in [6.45, 7) is 3.91. The molecule has 32 heavy (non-hydrogen) atoms. The molecule has 4 aromatic rings. The number of rotatable bonds is 6. The van der Waals surface area contributed by atoms with Crippen molar-refractivity contribution in [2.24, 2.45) is 5.92 Å². The monoisotopic (exact) mass is 422 g/mol. The Kier molecular flexibility index (Phi) is 5.91. The quantitative estimate of drug-likeness (QED) is 0.367. The SMILES string of the molecule is Cc1[nH]c2ccccc2c1C(=O)[C@H](c1ccccc1)N1CCC(Cc2ccccc2)CC1. The minimum atomic E-state index is -0.244. The number of hydrogen-bond donors (Lipinski definition) is 1. The topological polar surface area (TPSA) is 36.1 Å². The summed E-state index contributed by atoms with van der Waals surface area (Å²) in [6.07, 6.45) is 3.37. The lowest BCUT2D eigenvalue weighted by Gasteiger charge is -2.37. The van der Waals surface area contributed by atoms with Crippen molar-refractivity contribution < 1.29 is 4.79 Å². The van der Waals surface area contributed by atoms with Crippen molar-refractivity contribution in [3.63, 3.8) is 0 Å². The van der Waals surface area contributed by atoms with Crippen molar-refractivity contribution in [3.05, 3.63) is 107 Å². The summed E-state index contributed by atoms with van der Waals surface area (Å²) in [6, 6.07) is 29.0. The number of carbonyl (C=O) groups is 1. The van der Waals surface area contributed by atoms with Gasteiger partial charge in [0, 0.05) is 22.2 Å². The molecule has 0 amide bonds. The minimum Gasteiger partial charge on any atom is -0.358 e. The number of para-hydroxylation sites is 1. The molecule has 1 aliphatic rings. The van der Waals surface area contributed by atoms with Gasteiger partial charge in [0.1, 0.15) is 0 Å². The number of benzene rings is 3. The van der Waals surface area contributed by atoms with Crippen LogP contribution in [0.4, 0.5) is 0 Å². The van der Waals surface area contributed by atoms with E-state index >= 15 is 0 Å². The minimum absolute atomic E-state index is 0.202. The molecule has 1 aromatic heterocycles. The Bertz CT molecular complexity index is 1190. The van der Waals surface area contributed by atoms with Gasteiger partial charge in [0.05, 0.1) is 6.04 Å². The van der Waals surface area contributed by atoms with Crippen LogP contribution in [-0.4, -0.2) is 28.8 Å². The van der Waals surface area contributed by atoms with Crippen LogP contribution in [0.15, 0.2) is 84.9 Å². The maximum Gasteiger partial charge on any atom is 0.186 e. The van der Waals surface area contributed by atoms with Crippen LogP contribution in [0.5, 0.6) is 0 Å². The number of nitrogens with zero attached hydrogens (tertiary/aromatic N) is 1. The van der Waals surface area contributed by atoms with E-state index in [-0.39, 0.29) is 11.8 Å². The number of hydrogen-bond acceptors (Lipinski definition) is 2. The van der Waals surface area contributed by atoms with Crippen molar-refractivity contribution in [3.8, 4) is 0 Å². The zero-order valence-corrected chi connectivity index (χ0v) is 18.6. The molecule has 0 aliphatic carbocycles. The number of carbonyl (C=O) groups excluding carboxylic acids is 1. The lowest BCUT2D eigenvalue weighted by Crippen LogP contribution is -2.40. The molecule has 0 radical (unpaired) electrons. The van der Waals surface area contributed by atoms with Crippen LogP contribution >= 0.6 is 0 Å². The average molecular weight is 423 g/mol. The number of nitrogens with one attached hydrogen (secondary N) is 1. The summed E-state index contributed by atoms with van der Waals surface area (Å²) in [5.74, 6) is 0.877. The second-order valence-corrected chi connectivity index (χ2v) is 9.02. The van der Waals surface area contributed by atoms with E-state index in [2.05, 4.69) is 58.4 Å². The lowest BCUT2D eigenvalue weighted by atomic mass is 9.87. The van der Waals surface area contributed by atoms with Crippen LogP contribution in [0, 0.1) is 12.8 Å². The van der Waals surface area contributed by atoms with Crippen molar-refractivity contribution in [1.29, 1.82) is 0 Å². The van der Waals surface area contributed by atoms with Crippen LogP contribution in [0.2, 0.25) is 0 Å². The first kappa shape index (κ1) is 20.7. The molecule has 1 saturated heterocycles. The Morgan fingerprint density at radius 1 is 0.906 bits per heavy atom. The molecular formula is C29H30N2O. The Labute approximate surface area is 190 Å². The number of H-pyrrole nitrogens is 1. The highest BCUT2D eigenvalue weighted by molar-refractivity contribution is 6.11. The van der Waals surface area contributed by atoms with Gasteiger partial charge < -0.3 is 4.98 Å². The van der Waals surface area contributed by atoms with Gasteiger partial charge in [-0.3, -0.25) is 9.69 Å². The van der Waals surface area contributed by atoms with Crippen LogP contribution in [0.1, 0.15) is 46.1 Å². The largest absolute Gasteiger partial charge is 0.358 e. The Balaban J connectivity index is 1.41. The molecule has 3 nitrogen and oxygen atoms in total. The molecule has 1 N–H and O–H groups in total. The predicted octanol–water partition coefficient (Wildman–Crippen LogP) is 6.36. The molecule has 0 unspecified atom stereocenters. The predicted molar refractivity (Wildman–Crippen MR) is 131 cm³/mol. The molecular weight excluding hydrogens is 392 g/mol. The maximum absolute atomic E-state index is 14.1. The van der Waals surface area contributed by atoms with Crippen molar-refractivity contribution in [1.82, 2.24) is 9.88 Å². The van der Waals surface area contributed by atoms with Crippen molar-refractivity contribution in [2.75, 3.05) is 13.1 Å². The normalized spacial score (nSPS) is 16.3. The van der Waals surface area contributed by atoms with Gasteiger partial charge in [0.2, 0.25) is 0 Å². The van der Waals surface area contributed by atoms with E-state index in [1.54, 1.807) is 0 Å². The van der Waals surface area contributed by atoms with Crippen LogP contribution < -0.4 is 0 Å². The molecule has 3 heteroatoms. The number of fused-ring (bicyclic) bond motifs is 1. The van der Waals surface area contributed by atoms with Crippen LogP contribution in [-0.2, 0) is 6.42 Å². The van der Waals surface area contributed by atoms with Crippen molar-refractivity contribution >= 4 is 16.7 Å². The molecule has 5 rings (SSSR count). The third-order valence-electron chi connectivity index (χ3n) is 6.89. The van der Waals surface area contributed by atoms with E-state index in [1.807, 2.05) is 43.3 Å². The molecule has 1 fully saturated rings. The Morgan fingerprint density at radius 2 is 1.53 bits per heavy atom. The number of Topliss-reactive ketones (excluding diaryl/α,β-unsaturated/α-hetero) is 1. The molecule has 3 aromatic carbocycles. The fourth-order valence-corrected chi connectivity index (χ4v) is 5.26. The summed E-state index contributed by atoms with van der Waals surface area (Å²) < 4.78 is 0. The van der Waals surface area contributed by atoms with Gasteiger partial charge in [-0.15, -0.1) is 0 Å². The van der Waals surface area contributed by atoms with Gasteiger partial charge in [0.15, 0.2) is 5.78 Å². The number of aromatic amines is 1. The van der Waals surface area contributed by atoms with Gasteiger partial charge in [-0.25, -0.2) is 0 Å². The maximum atomic E-state index is 14.1. The molecule has 0 saturated carbocycles. The first-order chi connectivity index (χ1) is 15.7. The standard InChI is InChI=1S/C29H30N2O/c1-21-27(25-14-8-9-15-26(25)30-21)29(32)28(24-12-6-3-7-13-24)31-18-16-23(17-19-31)20-22-10-4-2-5-11-22/h2-15,23,28,30H,16-20H2,1H3/t28-/m0/s1. The first-order valence-electron chi connectivity index (χ1n) is 11.6. The summed E-state index contributed by atoms with van der Waals surface area (Å²) in [5.41, 5.74) is 5.32. The average Bonchev–Trinajstić information content (AvgIpc) is 3.17. The lowest BCUT2D eigenvalue weighted by molar-refractivity contribution is 0.0741. The Hall–Kier alpha value is -3.17.